The first-order valence-corrected chi connectivity index (χ1v) is 7.15. The van der Waals surface area contributed by atoms with Gasteiger partial charge >= 0.3 is 5.97 Å². The molecule has 6 nitrogen and oxygen atoms in total. The number of furan rings is 1. The number of amides is 2. The molecule has 0 spiro atoms. The van der Waals surface area contributed by atoms with E-state index in [2.05, 4.69) is 20.7 Å². The van der Waals surface area contributed by atoms with Gasteiger partial charge in [-0.15, -0.1) is 0 Å². The number of nitrogens with zero attached hydrogens (tertiary/aromatic N) is 1. The predicted octanol–water partition coefficient (Wildman–Crippen LogP) is 2.64. The van der Waals surface area contributed by atoms with E-state index in [9.17, 15) is 14.4 Å². The first kappa shape index (κ1) is 14.9. The van der Waals surface area contributed by atoms with Crippen molar-refractivity contribution >= 4 is 50.9 Å². The standard InChI is InChI=1S/C12H10BrNO5S/c1-6(11(16)18-2)14-10(15)8(20-12(14)17)5-7-3-4-9(13)19-7/h3-6H,1-2H3/b8-5+/t6-/m0/s1. The highest BCUT2D eigenvalue weighted by Crippen LogP contribution is 2.34. The summed E-state index contributed by atoms with van der Waals surface area (Å²) in [4.78, 5) is 36.5. The second kappa shape index (κ2) is 5.84. The van der Waals surface area contributed by atoms with Crippen LogP contribution in [0.1, 0.15) is 12.7 Å². The quantitative estimate of drug-likeness (QED) is 0.609. The third-order valence-electron chi connectivity index (χ3n) is 2.62. The van der Waals surface area contributed by atoms with Gasteiger partial charge in [0.15, 0.2) is 4.67 Å². The van der Waals surface area contributed by atoms with Crippen LogP contribution in [0.5, 0.6) is 0 Å². The van der Waals surface area contributed by atoms with Gasteiger partial charge in [0, 0.05) is 6.08 Å². The first-order chi connectivity index (χ1) is 9.43. The van der Waals surface area contributed by atoms with Crippen molar-refractivity contribution in [3.63, 3.8) is 0 Å². The minimum absolute atomic E-state index is 0.201. The third-order valence-corrected chi connectivity index (χ3v) is 3.93. The van der Waals surface area contributed by atoms with Crippen LogP contribution in [0, 0.1) is 0 Å². The lowest BCUT2D eigenvalue weighted by Gasteiger charge is -2.18. The van der Waals surface area contributed by atoms with Gasteiger partial charge in [-0.05, 0) is 46.7 Å². The highest BCUT2D eigenvalue weighted by Gasteiger charge is 2.41. The topological polar surface area (TPSA) is 76.8 Å². The average Bonchev–Trinajstić information content (AvgIpc) is 2.93. The van der Waals surface area contributed by atoms with Crippen molar-refractivity contribution < 1.29 is 23.5 Å². The van der Waals surface area contributed by atoms with Crippen molar-refractivity contribution in [1.82, 2.24) is 4.90 Å². The number of carbonyl (C=O) groups is 3. The lowest BCUT2D eigenvalue weighted by atomic mass is 10.3. The molecule has 0 aromatic carbocycles. The summed E-state index contributed by atoms with van der Waals surface area (Å²) in [5.74, 6) is -0.743. The Labute approximate surface area is 127 Å². The molecule has 2 heterocycles. The Morgan fingerprint density at radius 2 is 2.20 bits per heavy atom. The molecule has 0 unspecified atom stereocenters. The van der Waals surface area contributed by atoms with Crippen molar-refractivity contribution in [2.24, 2.45) is 0 Å². The number of thioether (sulfide) groups is 1. The van der Waals surface area contributed by atoms with Crippen molar-refractivity contribution in [2.75, 3.05) is 7.11 Å². The second-order valence-corrected chi connectivity index (χ2v) is 5.67. The Kier molecular flexibility index (Phi) is 4.34. The van der Waals surface area contributed by atoms with Crippen LogP contribution >= 0.6 is 27.7 Å². The summed E-state index contributed by atoms with van der Waals surface area (Å²) in [6, 6.07) is 2.37. The Morgan fingerprint density at radius 3 is 2.75 bits per heavy atom. The summed E-state index contributed by atoms with van der Waals surface area (Å²) in [7, 11) is 1.20. The molecular formula is C12H10BrNO5S. The molecule has 8 heteroatoms. The highest BCUT2D eigenvalue weighted by atomic mass is 79.9. The van der Waals surface area contributed by atoms with E-state index in [1.54, 1.807) is 12.1 Å². The molecule has 2 amide bonds. The number of imide groups is 1. The second-order valence-electron chi connectivity index (χ2n) is 3.89. The predicted molar refractivity (Wildman–Crippen MR) is 75.7 cm³/mol. The van der Waals surface area contributed by atoms with Crippen LogP contribution < -0.4 is 0 Å². The van der Waals surface area contributed by atoms with Gasteiger partial charge in [0.25, 0.3) is 11.1 Å². The van der Waals surface area contributed by atoms with Crippen molar-refractivity contribution in [3.05, 3.63) is 27.5 Å². The maximum absolute atomic E-state index is 12.1. The maximum atomic E-state index is 12.1. The molecule has 1 aliphatic rings. The summed E-state index contributed by atoms with van der Waals surface area (Å²) < 4.78 is 10.3. The molecule has 1 aromatic heterocycles. The van der Waals surface area contributed by atoms with E-state index < -0.39 is 23.2 Å². The lowest BCUT2D eigenvalue weighted by molar-refractivity contribution is -0.148. The van der Waals surface area contributed by atoms with E-state index in [4.69, 9.17) is 4.42 Å². The lowest BCUT2D eigenvalue weighted by Crippen LogP contribution is -2.42. The van der Waals surface area contributed by atoms with Crippen LogP contribution in [0.25, 0.3) is 6.08 Å². The third kappa shape index (κ3) is 2.80. The molecule has 1 saturated heterocycles. The Morgan fingerprint density at radius 1 is 1.50 bits per heavy atom. The van der Waals surface area contributed by atoms with Gasteiger partial charge in [0.05, 0.1) is 12.0 Å². The summed E-state index contributed by atoms with van der Waals surface area (Å²) >= 11 is 3.90. The van der Waals surface area contributed by atoms with Crippen LogP contribution in [-0.2, 0) is 14.3 Å². The minimum atomic E-state index is -0.957. The molecule has 1 atom stereocenters. The van der Waals surface area contributed by atoms with Gasteiger partial charge in [-0.2, -0.15) is 0 Å². The van der Waals surface area contributed by atoms with Crippen LogP contribution in [0.3, 0.4) is 0 Å². The number of hydrogen-bond acceptors (Lipinski definition) is 6. The Hall–Kier alpha value is -1.54. The fourth-order valence-electron chi connectivity index (χ4n) is 1.62. The molecule has 0 bridgehead atoms. The zero-order chi connectivity index (χ0) is 14.9. The van der Waals surface area contributed by atoms with E-state index in [1.807, 2.05) is 0 Å². The normalized spacial score (nSPS) is 18.8. The summed E-state index contributed by atoms with van der Waals surface area (Å²) in [5.41, 5.74) is 0. The molecule has 2 rings (SSSR count). The molecule has 0 aliphatic carbocycles. The fourth-order valence-corrected chi connectivity index (χ4v) is 2.83. The molecule has 1 fully saturated rings. The van der Waals surface area contributed by atoms with Gasteiger partial charge in [0.1, 0.15) is 11.8 Å². The van der Waals surface area contributed by atoms with Crippen LogP contribution in [0.2, 0.25) is 0 Å². The zero-order valence-corrected chi connectivity index (χ0v) is 13.0. The molecule has 20 heavy (non-hydrogen) atoms. The largest absolute Gasteiger partial charge is 0.467 e. The Bertz CT molecular complexity index is 609. The zero-order valence-electron chi connectivity index (χ0n) is 10.6. The molecule has 106 valence electrons. The van der Waals surface area contributed by atoms with Crippen molar-refractivity contribution in [2.45, 2.75) is 13.0 Å². The minimum Gasteiger partial charge on any atom is -0.467 e. The molecule has 0 N–H and O–H groups in total. The number of carbonyl (C=O) groups excluding carboxylic acids is 3. The fraction of sp³-hybridized carbons (Fsp3) is 0.250. The number of hydrogen-bond donors (Lipinski definition) is 0. The summed E-state index contributed by atoms with van der Waals surface area (Å²) in [5, 5.41) is -0.509. The monoisotopic (exact) mass is 359 g/mol. The average molecular weight is 360 g/mol. The molecule has 1 aliphatic heterocycles. The summed E-state index contributed by atoms with van der Waals surface area (Å²) in [6.45, 7) is 1.44. The smallest absolute Gasteiger partial charge is 0.328 e. The van der Waals surface area contributed by atoms with Gasteiger partial charge in [-0.1, -0.05) is 0 Å². The number of methoxy groups -OCH3 is 1. The van der Waals surface area contributed by atoms with Gasteiger partial charge in [-0.25, -0.2) is 4.79 Å². The van der Waals surface area contributed by atoms with Gasteiger partial charge in [-0.3, -0.25) is 14.5 Å². The van der Waals surface area contributed by atoms with Crippen molar-refractivity contribution in [3.8, 4) is 0 Å². The molecule has 1 aromatic rings. The van der Waals surface area contributed by atoms with Crippen LogP contribution in [-0.4, -0.2) is 35.2 Å². The maximum Gasteiger partial charge on any atom is 0.328 e. The van der Waals surface area contributed by atoms with Crippen LogP contribution in [0.4, 0.5) is 4.79 Å². The van der Waals surface area contributed by atoms with E-state index in [0.29, 0.717) is 10.4 Å². The van der Waals surface area contributed by atoms with Gasteiger partial charge < -0.3 is 9.15 Å². The number of esters is 1. The van der Waals surface area contributed by atoms with Crippen LogP contribution in [0.15, 0.2) is 26.1 Å². The van der Waals surface area contributed by atoms with E-state index in [0.717, 1.165) is 16.7 Å². The van der Waals surface area contributed by atoms with Gasteiger partial charge in [0.2, 0.25) is 0 Å². The van der Waals surface area contributed by atoms with E-state index >= 15 is 0 Å². The molecular weight excluding hydrogens is 350 g/mol. The molecule has 0 radical (unpaired) electrons. The molecule has 0 saturated carbocycles. The van der Waals surface area contributed by atoms with E-state index in [-0.39, 0.29) is 4.91 Å². The highest BCUT2D eigenvalue weighted by molar-refractivity contribution is 9.10. The van der Waals surface area contributed by atoms with E-state index in [1.165, 1.54) is 20.1 Å². The number of rotatable bonds is 3. The first-order valence-electron chi connectivity index (χ1n) is 5.54. The summed E-state index contributed by atoms with van der Waals surface area (Å²) in [6.07, 6.45) is 1.46. The Balaban J connectivity index is 2.25. The SMILES string of the molecule is COC(=O)[C@H](C)N1C(=O)S/C(=C/c2ccc(Br)o2)C1=O. The number of ether oxygens (including phenoxy) is 1. The number of halogens is 1. The van der Waals surface area contributed by atoms with Crippen molar-refractivity contribution in [1.29, 1.82) is 0 Å².